The van der Waals surface area contributed by atoms with Crippen LogP contribution in [0.5, 0.6) is 0 Å². The summed E-state index contributed by atoms with van der Waals surface area (Å²) in [5, 5.41) is 11.6. The van der Waals surface area contributed by atoms with E-state index in [2.05, 4.69) is 4.98 Å². The van der Waals surface area contributed by atoms with Gasteiger partial charge in [-0.1, -0.05) is 12.1 Å². The Bertz CT molecular complexity index is 1300. The summed E-state index contributed by atoms with van der Waals surface area (Å²) in [5.41, 5.74) is 1.88. The van der Waals surface area contributed by atoms with Gasteiger partial charge in [0, 0.05) is 31.7 Å². The van der Waals surface area contributed by atoms with Gasteiger partial charge in [-0.2, -0.15) is 4.98 Å². The van der Waals surface area contributed by atoms with Crippen LogP contribution >= 0.6 is 0 Å². The molecule has 0 saturated carbocycles. The maximum absolute atomic E-state index is 12.4. The Hall–Kier alpha value is -3.81. The van der Waals surface area contributed by atoms with Gasteiger partial charge < -0.3 is 4.57 Å². The Morgan fingerprint density at radius 2 is 1.59 bits per heavy atom. The zero-order valence-electron chi connectivity index (χ0n) is 14.5. The Morgan fingerprint density at radius 1 is 0.926 bits per heavy atom. The van der Waals surface area contributed by atoms with Crippen LogP contribution in [0.15, 0.2) is 58.1 Å². The minimum absolute atomic E-state index is 0.0270. The van der Waals surface area contributed by atoms with E-state index in [-0.39, 0.29) is 11.2 Å². The van der Waals surface area contributed by atoms with Gasteiger partial charge in [0.1, 0.15) is 0 Å². The van der Waals surface area contributed by atoms with Crippen molar-refractivity contribution in [3.05, 3.63) is 79.5 Å². The lowest BCUT2D eigenvalue weighted by Gasteiger charge is -2.15. The molecule has 2 heterocycles. The van der Waals surface area contributed by atoms with Crippen molar-refractivity contribution in [1.29, 1.82) is 0 Å². The molecular formula is C19H14N4O4. The number of nitrogens with zero attached hydrogens (tertiary/aromatic N) is 4. The normalized spacial score (nSPS) is 11.2. The lowest BCUT2D eigenvalue weighted by Crippen LogP contribution is -2.35. The van der Waals surface area contributed by atoms with Gasteiger partial charge >= 0.3 is 5.69 Å². The highest BCUT2D eigenvalue weighted by Gasteiger charge is 2.17. The van der Waals surface area contributed by atoms with Crippen molar-refractivity contribution in [3.63, 3.8) is 0 Å². The molecule has 134 valence electrons. The summed E-state index contributed by atoms with van der Waals surface area (Å²) in [6.07, 6.45) is 0. The number of fused-ring (bicyclic) bond motifs is 2. The number of pyridine rings is 1. The summed E-state index contributed by atoms with van der Waals surface area (Å²) in [5.74, 6) is 0.316. The number of aryl methyl sites for hydroxylation is 1. The molecule has 27 heavy (non-hydrogen) atoms. The maximum Gasteiger partial charge on any atom is 0.352 e. The molecule has 2 aromatic carbocycles. The topological polar surface area (TPSA) is 100 Å². The molecular weight excluding hydrogens is 348 g/mol. The van der Waals surface area contributed by atoms with E-state index < -0.39 is 10.6 Å². The fourth-order valence-corrected chi connectivity index (χ4v) is 3.15. The fourth-order valence-electron chi connectivity index (χ4n) is 3.15. The molecule has 8 nitrogen and oxygen atoms in total. The summed E-state index contributed by atoms with van der Waals surface area (Å²) in [6, 6.07) is 13.7. The first-order valence-electron chi connectivity index (χ1n) is 8.12. The van der Waals surface area contributed by atoms with Gasteiger partial charge in [-0.25, -0.2) is 4.79 Å². The molecule has 2 aliphatic heterocycles. The third kappa shape index (κ3) is 2.58. The van der Waals surface area contributed by atoms with Crippen molar-refractivity contribution < 1.29 is 4.92 Å². The SMILES string of the molecule is Cn1c(=O)nc2n(C)c3cc(-c4ccc([N+](=O)[O-])cc4)ccc3cc-2c1=O. The Labute approximate surface area is 152 Å². The van der Waals surface area contributed by atoms with E-state index in [1.165, 1.54) is 19.2 Å². The minimum Gasteiger partial charge on any atom is -0.328 e. The Balaban J connectivity index is 1.96. The molecule has 0 bridgehead atoms. The van der Waals surface area contributed by atoms with E-state index in [9.17, 15) is 19.7 Å². The number of rotatable bonds is 2. The van der Waals surface area contributed by atoms with Crippen molar-refractivity contribution in [2.45, 2.75) is 0 Å². The number of nitro groups is 1. The van der Waals surface area contributed by atoms with Crippen LogP contribution in [0.1, 0.15) is 0 Å². The van der Waals surface area contributed by atoms with Gasteiger partial charge in [-0.05, 0) is 40.8 Å². The molecule has 0 N–H and O–H groups in total. The van der Waals surface area contributed by atoms with Gasteiger partial charge in [0.2, 0.25) is 0 Å². The molecule has 0 amide bonds. The highest BCUT2D eigenvalue weighted by atomic mass is 16.6. The zero-order valence-corrected chi connectivity index (χ0v) is 14.5. The van der Waals surface area contributed by atoms with Crippen LogP contribution in [-0.2, 0) is 14.1 Å². The molecule has 0 saturated heterocycles. The average molecular weight is 362 g/mol. The van der Waals surface area contributed by atoms with Crippen LogP contribution in [0.3, 0.4) is 0 Å². The highest BCUT2D eigenvalue weighted by Crippen LogP contribution is 2.29. The zero-order chi connectivity index (χ0) is 19.3. The van der Waals surface area contributed by atoms with Crippen LogP contribution in [0.2, 0.25) is 0 Å². The first-order valence-corrected chi connectivity index (χ1v) is 8.12. The van der Waals surface area contributed by atoms with Gasteiger partial charge in [0.25, 0.3) is 11.2 Å². The van der Waals surface area contributed by atoms with Crippen LogP contribution in [-0.4, -0.2) is 19.0 Å². The van der Waals surface area contributed by atoms with E-state index in [4.69, 9.17) is 0 Å². The number of nitro benzene ring substituents is 1. The lowest BCUT2D eigenvalue weighted by molar-refractivity contribution is -0.384. The van der Waals surface area contributed by atoms with Crippen molar-refractivity contribution in [3.8, 4) is 22.5 Å². The molecule has 0 fully saturated rings. The molecule has 4 rings (SSSR count). The highest BCUT2D eigenvalue weighted by molar-refractivity contribution is 5.89. The number of non-ortho nitro benzene ring substituents is 1. The number of hydrogen-bond acceptors (Lipinski definition) is 5. The van der Waals surface area contributed by atoms with Crippen molar-refractivity contribution in [2.75, 3.05) is 0 Å². The summed E-state index contributed by atoms with van der Waals surface area (Å²) in [4.78, 5) is 38.7. The third-order valence-electron chi connectivity index (χ3n) is 4.69. The molecule has 2 aliphatic rings. The first kappa shape index (κ1) is 16.6. The van der Waals surface area contributed by atoms with E-state index >= 15 is 0 Å². The molecule has 2 aromatic rings. The van der Waals surface area contributed by atoms with Crippen LogP contribution in [0.4, 0.5) is 5.69 Å². The maximum atomic E-state index is 12.4. The van der Waals surface area contributed by atoms with Crippen LogP contribution in [0.25, 0.3) is 33.4 Å². The summed E-state index contributed by atoms with van der Waals surface area (Å²) in [7, 11) is 3.15. The van der Waals surface area contributed by atoms with Gasteiger partial charge in [-0.3, -0.25) is 19.5 Å². The van der Waals surface area contributed by atoms with Crippen molar-refractivity contribution >= 4 is 16.6 Å². The van der Waals surface area contributed by atoms with Crippen molar-refractivity contribution in [2.24, 2.45) is 14.1 Å². The van der Waals surface area contributed by atoms with E-state index in [1.807, 2.05) is 18.2 Å². The van der Waals surface area contributed by atoms with Crippen LogP contribution < -0.4 is 11.2 Å². The third-order valence-corrected chi connectivity index (χ3v) is 4.69. The molecule has 0 aromatic heterocycles. The number of hydrogen-bond donors (Lipinski definition) is 0. The molecule has 0 aliphatic carbocycles. The average Bonchev–Trinajstić information content (AvgIpc) is 2.67. The summed E-state index contributed by atoms with van der Waals surface area (Å²) in [6.45, 7) is 0. The summed E-state index contributed by atoms with van der Waals surface area (Å²) < 4.78 is 2.70. The lowest BCUT2D eigenvalue weighted by atomic mass is 10.0. The van der Waals surface area contributed by atoms with Gasteiger partial charge in [0.05, 0.1) is 10.5 Å². The first-order chi connectivity index (χ1) is 12.9. The largest absolute Gasteiger partial charge is 0.352 e. The molecule has 0 spiro atoms. The minimum atomic E-state index is -0.603. The standard InChI is InChI=1S/C19H14N4O4/c1-21-16-10-12(11-5-7-14(8-6-11)23(26)27)3-4-13(16)9-15-17(21)20-19(25)22(2)18(15)24/h3-10H,1-2H3. The molecule has 8 heteroatoms. The Morgan fingerprint density at radius 3 is 2.26 bits per heavy atom. The quantitative estimate of drug-likeness (QED) is 0.309. The van der Waals surface area contributed by atoms with E-state index in [1.54, 1.807) is 29.8 Å². The predicted octanol–water partition coefficient (Wildman–Crippen LogP) is 2.31. The van der Waals surface area contributed by atoms with Gasteiger partial charge in [0.15, 0.2) is 5.82 Å². The smallest absolute Gasteiger partial charge is 0.328 e. The second-order valence-electron chi connectivity index (χ2n) is 6.28. The van der Waals surface area contributed by atoms with Crippen molar-refractivity contribution in [1.82, 2.24) is 14.1 Å². The fraction of sp³-hybridized carbons (Fsp3) is 0.105. The van der Waals surface area contributed by atoms with E-state index in [0.29, 0.717) is 11.4 Å². The van der Waals surface area contributed by atoms with Crippen LogP contribution in [0, 0.1) is 10.1 Å². The predicted molar refractivity (Wildman–Crippen MR) is 101 cm³/mol. The Kier molecular flexibility index (Phi) is 3.62. The number of aromatic nitrogens is 3. The van der Waals surface area contributed by atoms with Gasteiger partial charge in [-0.15, -0.1) is 0 Å². The monoisotopic (exact) mass is 362 g/mol. The second kappa shape index (κ2) is 5.87. The number of benzene rings is 2. The summed E-state index contributed by atoms with van der Waals surface area (Å²) >= 11 is 0. The van der Waals surface area contributed by atoms with E-state index in [0.717, 1.165) is 26.6 Å². The molecule has 0 atom stereocenters. The molecule has 0 unspecified atom stereocenters. The molecule has 0 radical (unpaired) electrons. The second-order valence-corrected chi connectivity index (χ2v) is 6.28.